The van der Waals surface area contributed by atoms with Crippen LogP contribution in [0.5, 0.6) is 0 Å². The molecule has 0 radical (unpaired) electrons. The molecule has 3 heteroatoms. The van der Waals surface area contributed by atoms with Gasteiger partial charge >= 0.3 is 0 Å². The lowest BCUT2D eigenvalue weighted by atomic mass is 9.78. The third-order valence-corrected chi connectivity index (χ3v) is 5.22. The van der Waals surface area contributed by atoms with Crippen LogP contribution >= 0.6 is 0 Å². The highest BCUT2D eigenvalue weighted by molar-refractivity contribution is 4.86. The van der Waals surface area contributed by atoms with Gasteiger partial charge in [0.05, 0.1) is 6.61 Å². The number of methoxy groups -OCH3 is 1. The molecule has 0 aliphatic heterocycles. The third kappa shape index (κ3) is 6.25. The lowest BCUT2D eigenvalue weighted by Gasteiger charge is -2.40. The fourth-order valence-electron chi connectivity index (χ4n) is 3.97. The lowest BCUT2D eigenvalue weighted by molar-refractivity contribution is 0.0780. The molecule has 0 spiro atoms. The van der Waals surface area contributed by atoms with Crippen LogP contribution in [0.15, 0.2) is 0 Å². The summed E-state index contributed by atoms with van der Waals surface area (Å²) in [5.41, 5.74) is 0. The normalized spacial score (nSPS) is 26.7. The van der Waals surface area contributed by atoms with Crippen LogP contribution in [0.2, 0.25) is 0 Å². The first-order valence-corrected chi connectivity index (χ1v) is 9.12. The second-order valence-corrected chi connectivity index (χ2v) is 6.80. The zero-order valence-corrected chi connectivity index (χ0v) is 15.0. The van der Waals surface area contributed by atoms with Gasteiger partial charge in [0.15, 0.2) is 0 Å². The SMILES string of the molecule is CCNC1CCC(C)CC1CN(CCOC)C(CC)CC. The van der Waals surface area contributed by atoms with Gasteiger partial charge in [-0.1, -0.05) is 27.7 Å². The molecule has 0 bridgehead atoms. The first-order valence-electron chi connectivity index (χ1n) is 9.12. The van der Waals surface area contributed by atoms with Crippen molar-refractivity contribution >= 4 is 0 Å². The molecule has 1 saturated carbocycles. The Labute approximate surface area is 132 Å². The Morgan fingerprint density at radius 1 is 1.19 bits per heavy atom. The Bertz CT molecular complexity index is 256. The summed E-state index contributed by atoms with van der Waals surface area (Å²) < 4.78 is 5.34. The number of nitrogens with one attached hydrogen (secondary N) is 1. The van der Waals surface area contributed by atoms with Crippen molar-refractivity contribution in [2.24, 2.45) is 11.8 Å². The van der Waals surface area contributed by atoms with E-state index in [0.717, 1.165) is 31.5 Å². The van der Waals surface area contributed by atoms with E-state index < -0.39 is 0 Å². The summed E-state index contributed by atoms with van der Waals surface area (Å²) in [5.74, 6) is 1.68. The number of hydrogen-bond acceptors (Lipinski definition) is 3. The Hall–Kier alpha value is -0.120. The van der Waals surface area contributed by atoms with Crippen molar-refractivity contribution in [3.63, 3.8) is 0 Å². The van der Waals surface area contributed by atoms with Crippen molar-refractivity contribution in [3.05, 3.63) is 0 Å². The van der Waals surface area contributed by atoms with Gasteiger partial charge in [0.2, 0.25) is 0 Å². The summed E-state index contributed by atoms with van der Waals surface area (Å²) in [4.78, 5) is 2.69. The van der Waals surface area contributed by atoms with E-state index in [4.69, 9.17) is 4.74 Å². The Morgan fingerprint density at radius 3 is 2.48 bits per heavy atom. The molecule has 3 unspecified atom stereocenters. The molecule has 0 aromatic rings. The Balaban J connectivity index is 2.67. The van der Waals surface area contributed by atoms with E-state index in [2.05, 4.69) is 37.9 Å². The highest BCUT2D eigenvalue weighted by Gasteiger charge is 2.30. The molecular weight excluding hydrogens is 260 g/mol. The lowest BCUT2D eigenvalue weighted by Crippen LogP contribution is -2.48. The fraction of sp³-hybridized carbons (Fsp3) is 1.00. The molecule has 0 saturated heterocycles. The van der Waals surface area contributed by atoms with E-state index in [0.29, 0.717) is 12.1 Å². The Kier molecular flexibility index (Phi) is 9.54. The van der Waals surface area contributed by atoms with E-state index in [9.17, 15) is 0 Å². The van der Waals surface area contributed by atoms with Crippen LogP contribution in [0.1, 0.15) is 59.8 Å². The van der Waals surface area contributed by atoms with Crippen molar-refractivity contribution in [1.29, 1.82) is 0 Å². The van der Waals surface area contributed by atoms with Crippen LogP contribution in [0.4, 0.5) is 0 Å². The molecule has 0 heterocycles. The standard InChI is InChI=1S/C18H38N2O/c1-6-17(7-2)20(11-12-21-5)14-16-13-15(4)9-10-18(16)19-8-3/h15-19H,6-14H2,1-5H3. The highest BCUT2D eigenvalue weighted by Crippen LogP contribution is 2.30. The number of nitrogens with zero attached hydrogens (tertiary/aromatic N) is 1. The molecule has 1 N–H and O–H groups in total. The molecule has 1 fully saturated rings. The smallest absolute Gasteiger partial charge is 0.0589 e. The van der Waals surface area contributed by atoms with E-state index in [1.54, 1.807) is 0 Å². The minimum Gasteiger partial charge on any atom is -0.383 e. The molecule has 3 atom stereocenters. The van der Waals surface area contributed by atoms with Gasteiger partial charge in [0, 0.05) is 32.3 Å². The van der Waals surface area contributed by atoms with E-state index in [1.807, 2.05) is 7.11 Å². The predicted octanol–water partition coefficient (Wildman–Crippen LogP) is 3.54. The number of hydrogen-bond donors (Lipinski definition) is 1. The maximum absolute atomic E-state index is 5.34. The number of rotatable bonds is 10. The topological polar surface area (TPSA) is 24.5 Å². The molecule has 126 valence electrons. The minimum absolute atomic E-state index is 0.708. The monoisotopic (exact) mass is 298 g/mol. The molecule has 0 aromatic heterocycles. The van der Waals surface area contributed by atoms with Gasteiger partial charge in [-0.05, 0) is 50.5 Å². The molecule has 0 aromatic carbocycles. The van der Waals surface area contributed by atoms with Crippen LogP contribution < -0.4 is 5.32 Å². The summed E-state index contributed by atoms with van der Waals surface area (Å²) in [6, 6.07) is 1.42. The van der Waals surface area contributed by atoms with Gasteiger partial charge < -0.3 is 10.1 Å². The van der Waals surface area contributed by atoms with Gasteiger partial charge in [-0.25, -0.2) is 0 Å². The highest BCUT2D eigenvalue weighted by atomic mass is 16.5. The van der Waals surface area contributed by atoms with Crippen molar-refractivity contribution in [3.8, 4) is 0 Å². The van der Waals surface area contributed by atoms with Gasteiger partial charge in [-0.15, -0.1) is 0 Å². The predicted molar refractivity (Wildman–Crippen MR) is 91.8 cm³/mol. The summed E-state index contributed by atoms with van der Waals surface area (Å²) in [5, 5.41) is 3.73. The molecule has 0 amide bonds. The fourth-order valence-corrected chi connectivity index (χ4v) is 3.97. The van der Waals surface area contributed by atoms with Crippen molar-refractivity contribution < 1.29 is 4.74 Å². The average molecular weight is 299 g/mol. The van der Waals surface area contributed by atoms with Crippen molar-refractivity contribution in [2.45, 2.75) is 71.9 Å². The van der Waals surface area contributed by atoms with Crippen LogP contribution in [-0.2, 0) is 4.74 Å². The largest absolute Gasteiger partial charge is 0.383 e. The van der Waals surface area contributed by atoms with E-state index >= 15 is 0 Å². The zero-order valence-electron chi connectivity index (χ0n) is 15.0. The summed E-state index contributed by atoms with van der Waals surface area (Å²) >= 11 is 0. The second kappa shape index (κ2) is 10.6. The maximum Gasteiger partial charge on any atom is 0.0589 e. The molecule has 1 aliphatic rings. The summed E-state index contributed by atoms with van der Waals surface area (Å²) in [7, 11) is 1.81. The first kappa shape index (κ1) is 18.9. The molecule has 3 nitrogen and oxygen atoms in total. The second-order valence-electron chi connectivity index (χ2n) is 6.80. The number of ether oxygens (including phenoxy) is 1. The van der Waals surface area contributed by atoms with Crippen LogP contribution in [0.3, 0.4) is 0 Å². The third-order valence-electron chi connectivity index (χ3n) is 5.22. The molecule has 21 heavy (non-hydrogen) atoms. The van der Waals surface area contributed by atoms with Crippen LogP contribution in [0.25, 0.3) is 0 Å². The first-order chi connectivity index (χ1) is 10.2. The van der Waals surface area contributed by atoms with Crippen molar-refractivity contribution in [2.75, 3.05) is 33.4 Å². The zero-order chi connectivity index (χ0) is 15.7. The van der Waals surface area contributed by atoms with Gasteiger partial charge in [0.1, 0.15) is 0 Å². The minimum atomic E-state index is 0.708. The molecule has 1 rings (SSSR count). The quantitative estimate of drug-likeness (QED) is 0.667. The van der Waals surface area contributed by atoms with Gasteiger partial charge in [-0.2, -0.15) is 0 Å². The van der Waals surface area contributed by atoms with Gasteiger partial charge in [-0.3, -0.25) is 4.90 Å². The summed E-state index contributed by atoms with van der Waals surface area (Å²) in [6.45, 7) is 13.6. The molecular formula is C18H38N2O. The van der Waals surface area contributed by atoms with Crippen LogP contribution in [0, 0.1) is 11.8 Å². The maximum atomic E-state index is 5.34. The molecule has 1 aliphatic carbocycles. The average Bonchev–Trinajstić information content (AvgIpc) is 2.48. The van der Waals surface area contributed by atoms with E-state index in [-0.39, 0.29) is 0 Å². The Morgan fingerprint density at radius 2 is 1.90 bits per heavy atom. The van der Waals surface area contributed by atoms with Crippen molar-refractivity contribution in [1.82, 2.24) is 10.2 Å². The summed E-state index contributed by atoms with van der Waals surface area (Å²) in [6.07, 6.45) is 6.60. The van der Waals surface area contributed by atoms with Crippen LogP contribution in [-0.4, -0.2) is 50.3 Å². The van der Waals surface area contributed by atoms with E-state index in [1.165, 1.54) is 38.6 Å². The van der Waals surface area contributed by atoms with Gasteiger partial charge in [0.25, 0.3) is 0 Å².